The average molecular weight is 164 g/mol. The molecule has 0 heterocycles. The van der Waals surface area contributed by atoms with Crippen LogP contribution < -0.4 is 34.8 Å². The summed E-state index contributed by atoms with van der Waals surface area (Å²) < 4.78 is 13.4. The van der Waals surface area contributed by atoms with Gasteiger partial charge in [-0.05, 0) is 0 Å². The van der Waals surface area contributed by atoms with Crippen molar-refractivity contribution in [2.75, 3.05) is 5.75 Å². The van der Waals surface area contributed by atoms with Gasteiger partial charge in [-0.3, -0.25) is 0 Å². The monoisotopic (exact) mass is 164 g/mol. The van der Waals surface area contributed by atoms with E-state index in [1.807, 2.05) is 0 Å². The van der Waals surface area contributed by atoms with Crippen molar-refractivity contribution < 1.29 is 43.4 Å². The van der Waals surface area contributed by atoms with Crippen molar-refractivity contribution in [1.82, 2.24) is 0 Å². The topological polar surface area (TPSA) is 49.4 Å². The number of hydrogen-bond acceptors (Lipinski definition) is 4. The van der Waals surface area contributed by atoms with Crippen molar-refractivity contribution >= 4 is 20.0 Å². The van der Waals surface area contributed by atoms with Crippen LogP contribution in [0.5, 0.6) is 0 Å². The molecule has 1 unspecified atom stereocenters. The van der Waals surface area contributed by atoms with Gasteiger partial charge in [-0.1, -0.05) is 6.92 Å². The number of rotatable bonds is 2. The van der Waals surface area contributed by atoms with Crippen molar-refractivity contribution in [2.24, 2.45) is 0 Å². The molecule has 0 aliphatic carbocycles. The first-order valence-electron chi connectivity index (χ1n) is 1.66. The van der Waals surface area contributed by atoms with Gasteiger partial charge < -0.3 is 9.59 Å². The molecule has 0 aromatic rings. The van der Waals surface area contributed by atoms with Gasteiger partial charge in [0.05, 0.1) is 0 Å². The van der Waals surface area contributed by atoms with Crippen molar-refractivity contribution in [3.63, 3.8) is 0 Å². The molecule has 1 atom stereocenters. The molecule has 0 aliphatic rings. The summed E-state index contributed by atoms with van der Waals surface area (Å²) in [6, 6.07) is 0. The molecular weight excluding hydrogens is 159 g/mol. The van der Waals surface area contributed by atoms with Crippen LogP contribution in [-0.4, -0.2) is 9.96 Å². The Bertz CT molecular complexity index is 118. The molecule has 0 aromatic carbocycles. The van der Waals surface area contributed by atoms with E-state index in [1.54, 1.807) is 0 Å². The zero-order valence-corrected chi connectivity index (χ0v) is 8.38. The van der Waals surface area contributed by atoms with Gasteiger partial charge in [0.2, 0.25) is 0 Å². The van der Waals surface area contributed by atoms with Crippen LogP contribution in [0.25, 0.3) is 0 Å². The molecule has 0 aromatic heterocycles. The van der Waals surface area contributed by atoms with Gasteiger partial charge in [0, 0.05) is 16.9 Å². The van der Waals surface area contributed by atoms with Crippen LogP contribution in [0, 0.1) is 0 Å². The van der Waals surface area contributed by atoms with Gasteiger partial charge in [-0.2, -0.15) is 0 Å². The van der Waals surface area contributed by atoms with Gasteiger partial charge in [-0.15, -0.1) is 0 Å². The van der Waals surface area contributed by atoms with E-state index in [0.717, 1.165) is 0 Å². The minimum Gasteiger partial charge on any atom is -0.709 e. The third-order valence-electron chi connectivity index (χ3n) is 0.457. The Kier molecular flexibility index (Phi) is 7.67. The molecule has 0 saturated carbocycles. The third kappa shape index (κ3) is 5.43. The first kappa shape index (κ1) is 12.0. The van der Waals surface area contributed by atoms with Gasteiger partial charge >= 0.3 is 29.6 Å². The van der Waals surface area contributed by atoms with E-state index < -0.39 is 8.77 Å². The van der Waals surface area contributed by atoms with Crippen LogP contribution in [0.1, 0.15) is 6.92 Å². The average Bonchev–Trinajstić information content (AvgIpc) is 1.68. The molecule has 3 nitrogen and oxygen atoms in total. The van der Waals surface area contributed by atoms with E-state index in [1.165, 1.54) is 6.92 Å². The van der Waals surface area contributed by atoms with Crippen molar-refractivity contribution in [1.29, 1.82) is 0 Å². The standard InChI is InChI=1S/C2H6O3S2.Na/c1-2-7(4,6)5-3;/h3H,2H2,1H3;/q;+1/p-1. The number of hydrogen-bond donors (Lipinski definition) is 0. The van der Waals surface area contributed by atoms with Crippen molar-refractivity contribution in [3.05, 3.63) is 0 Å². The van der Waals surface area contributed by atoms with Crippen LogP contribution in [-0.2, 0) is 24.3 Å². The Labute approximate surface area is 75.5 Å². The Hall–Kier alpha value is 1.29. The molecule has 6 heteroatoms. The smallest absolute Gasteiger partial charge is 0.709 e. The van der Waals surface area contributed by atoms with Gasteiger partial charge in [0.25, 0.3) is 0 Å². The van der Waals surface area contributed by atoms with Crippen LogP contribution in [0.2, 0.25) is 0 Å². The maximum atomic E-state index is 10.2. The summed E-state index contributed by atoms with van der Waals surface area (Å²) >= 11 is 4.14. The summed E-state index contributed by atoms with van der Waals surface area (Å²) in [7, 11) is -2.88. The molecule has 0 bridgehead atoms. The zero-order chi connectivity index (χ0) is 5.91. The maximum absolute atomic E-state index is 10.2. The van der Waals surface area contributed by atoms with Crippen molar-refractivity contribution in [2.45, 2.75) is 6.92 Å². The van der Waals surface area contributed by atoms with E-state index in [-0.39, 0.29) is 35.3 Å². The maximum Gasteiger partial charge on any atom is 1.00 e. The van der Waals surface area contributed by atoms with Crippen LogP contribution >= 0.6 is 0 Å². The van der Waals surface area contributed by atoms with Crippen LogP contribution in [0.15, 0.2) is 0 Å². The first-order chi connectivity index (χ1) is 3.12. The van der Waals surface area contributed by atoms with Crippen LogP contribution in [0.3, 0.4) is 0 Å². The van der Waals surface area contributed by atoms with Crippen molar-refractivity contribution in [3.8, 4) is 0 Å². The summed E-state index contributed by atoms with van der Waals surface area (Å²) in [6.45, 7) is 1.53. The summed E-state index contributed by atoms with van der Waals surface area (Å²) in [5.41, 5.74) is 0. The molecule has 0 N–H and O–H groups in total. The second-order valence-corrected chi connectivity index (χ2v) is 4.27. The minimum atomic E-state index is -2.88. The summed E-state index contributed by atoms with van der Waals surface area (Å²) in [5, 5.41) is 9.30. The van der Waals surface area contributed by atoms with Crippen LogP contribution in [0.4, 0.5) is 0 Å². The fourth-order valence-corrected chi connectivity index (χ4v) is 0.144. The van der Waals surface area contributed by atoms with E-state index in [2.05, 4.69) is 15.5 Å². The van der Waals surface area contributed by atoms with E-state index in [9.17, 15) is 9.47 Å². The second kappa shape index (κ2) is 5.10. The predicted molar refractivity (Wildman–Crippen MR) is 27.1 cm³/mol. The molecule has 44 valence electrons. The Morgan fingerprint density at radius 2 is 2.25 bits per heavy atom. The minimum absolute atomic E-state index is 0. The fourth-order valence-electron chi connectivity index (χ4n) is 0.0481. The summed E-state index contributed by atoms with van der Waals surface area (Å²) in [5.74, 6) is 0.103. The van der Waals surface area contributed by atoms with E-state index >= 15 is 0 Å². The summed E-state index contributed by atoms with van der Waals surface area (Å²) in [4.78, 5) is 0. The van der Waals surface area contributed by atoms with E-state index in [4.69, 9.17) is 0 Å². The molecule has 0 rings (SSSR count). The molecule has 0 amide bonds. The summed E-state index contributed by atoms with van der Waals surface area (Å²) in [6.07, 6.45) is 0. The molecule has 8 heavy (non-hydrogen) atoms. The van der Waals surface area contributed by atoms with E-state index in [0.29, 0.717) is 0 Å². The Morgan fingerprint density at radius 3 is 2.25 bits per heavy atom. The SMILES string of the molecule is CCS(=O)(=S)O[O-].[Na+]. The largest absolute Gasteiger partial charge is 1.00 e. The predicted octanol–water partition coefficient (Wildman–Crippen LogP) is -4.04. The molecular formula is C2H5NaO3S2. The quantitative estimate of drug-likeness (QED) is 0.237. The normalized spacial score (nSPS) is 16.2. The molecule has 0 fully saturated rings. The Balaban J connectivity index is 0. The molecule has 0 spiro atoms. The van der Waals surface area contributed by atoms with Gasteiger partial charge in [0.1, 0.15) is 8.77 Å². The third-order valence-corrected chi connectivity index (χ3v) is 2.25. The Morgan fingerprint density at radius 1 is 1.88 bits per heavy atom. The molecule has 0 saturated heterocycles. The first-order valence-corrected chi connectivity index (χ1v) is 4.24. The zero-order valence-electron chi connectivity index (χ0n) is 4.75. The fraction of sp³-hybridized carbons (Fsp3) is 1.00. The second-order valence-electron chi connectivity index (χ2n) is 0.914. The van der Waals surface area contributed by atoms with Gasteiger partial charge in [0.15, 0.2) is 0 Å². The molecule has 0 radical (unpaired) electrons. The van der Waals surface area contributed by atoms with Gasteiger partial charge in [-0.25, -0.2) is 4.21 Å². The molecule has 0 aliphatic heterocycles.